The van der Waals surface area contributed by atoms with Crippen molar-refractivity contribution in [2.24, 2.45) is 13.0 Å². The first-order valence-corrected chi connectivity index (χ1v) is 6.25. The summed E-state index contributed by atoms with van der Waals surface area (Å²) in [5, 5.41) is 3.60. The van der Waals surface area contributed by atoms with Crippen LogP contribution in [-0.4, -0.2) is 40.1 Å². The Morgan fingerprint density at radius 2 is 2.35 bits per heavy atom. The lowest BCUT2D eigenvalue weighted by Crippen LogP contribution is -2.44. The molecule has 1 N–H and O–H groups in total. The van der Waals surface area contributed by atoms with Crippen LogP contribution in [0, 0.1) is 5.92 Å². The molecule has 0 spiro atoms. The van der Waals surface area contributed by atoms with Gasteiger partial charge in [-0.3, -0.25) is 4.90 Å². The van der Waals surface area contributed by atoms with Gasteiger partial charge in [0.1, 0.15) is 5.82 Å². The molecule has 0 aliphatic carbocycles. The molecule has 2 unspecified atom stereocenters. The molecule has 4 nitrogen and oxygen atoms in total. The Labute approximate surface area is 109 Å². The standard InChI is InChI=1S/C12H20N4.ClH/c1-15-7-5-14-12(15)9-16-6-3-11-10(8-16)2-4-13-11;/h5,7,10-11,13H,2-4,6,8-9H2,1H3;1H. The van der Waals surface area contributed by atoms with E-state index in [4.69, 9.17) is 0 Å². The SMILES string of the molecule is Cl.Cn1ccnc1CN1CCC2NCCC2C1. The van der Waals surface area contributed by atoms with Crippen LogP contribution >= 0.6 is 12.4 Å². The summed E-state index contributed by atoms with van der Waals surface area (Å²) in [6.45, 7) is 4.67. The summed E-state index contributed by atoms with van der Waals surface area (Å²) in [4.78, 5) is 6.95. The van der Waals surface area contributed by atoms with Gasteiger partial charge in [0.25, 0.3) is 0 Å². The van der Waals surface area contributed by atoms with Crippen molar-refractivity contribution in [1.29, 1.82) is 0 Å². The van der Waals surface area contributed by atoms with Crippen LogP contribution in [0.5, 0.6) is 0 Å². The van der Waals surface area contributed by atoms with Crippen molar-refractivity contribution in [3.05, 3.63) is 18.2 Å². The van der Waals surface area contributed by atoms with E-state index in [1.165, 1.54) is 38.3 Å². The molecule has 0 radical (unpaired) electrons. The third-order valence-corrected chi connectivity index (χ3v) is 4.03. The third-order valence-electron chi connectivity index (χ3n) is 4.03. The van der Waals surface area contributed by atoms with Crippen molar-refractivity contribution in [3.63, 3.8) is 0 Å². The number of nitrogens with zero attached hydrogens (tertiary/aromatic N) is 3. The van der Waals surface area contributed by atoms with Gasteiger partial charge in [0.05, 0.1) is 6.54 Å². The van der Waals surface area contributed by atoms with Gasteiger partial charge in [-0.15, -0.1) is 12.4 Å². The van der Waals surface area contributed by atoms with Gasteiger partial charge in [0, 0.05) is 38.6 Å². The highest BCUT2D eigenvalue weighted by Gasteiger charge is 2.32. The lowest BCUT2D eigenvalue weighted by molar-refractivity contribution is 0.151. The summed E-state index contributed by atoms with van der Waals surface area (Å²) in [6, 6.07) is 0.789. The second-order valence-electron chi connectivity index (χ2n) is 5.09. The van der Waals surface area contributed by atoms with E-state index in [2.05, 4.69) is 26.8 Å². The van der Waals surface area contributed by atoms with Crippen LogP contribution in [0.4, 0.5) is 0 Å². The van der Waals surface area contributed by atoms with E-state index < -0.39 is 0 Å². The summed E-state index contributed by atoms with van der Waals surface area (Å²) in [5.74, 6) is 2.05. The Bertz CT molecular complexity index is 365. The quantitative estimate of drug-likeness (QED) is 0.858. The Kier molecular flexibility index (Phi) is 4.07. The maximum Gasteiger partial charge on any atom is 0.122 e. The molecular formula is C12H21ClN4. The minimum atomic E-state index is 0. The number of rotatable bonds is 2. The van der Waals surface area contributed by atoms with E-state index in [-0.39, 0.29) is 12.4 Å². The van der Waals surface area contributed by atoms with Crippen molar-refractivity contribution in [2.45, 2.75) is 25.4 Å². The van der Waals surface area contributed by atoms with Gasteiger partial charge in [-0.05, 0) is 25.3 Å². The molecule has 0 saturated carbocycles. The summed E-state index contributed by atoms with van der Waals surface area (Å²) in [5.41, 5.74) is 0. The number of piperidine rings is 1. The molecular weight excluding hydrogens is 236 g/mol. The second-order valence-corrected chi connectivity index (χ2v) is 5.09. The van der Waals surface area contributed by atoms with Crippen LogP contribution in [0.2, 0.25) is 0 Å². The fraction of sp³-hybridized carbons (Fsp3) is 0.750. The molecule has 2 aliphatic rings. The monoisotopic (exact) mass is 256 g/mol. The molecule has 2 aliphatic heterocycles. The second kappa shape index (κ2) is 5.38. The molecule has 0 amide bonds. The lowest BCUT2D eigenvalue weighted by atomic mass is 9.93. The summed E-state index contributed by atoms with van der Waals surface area (Å²) >= 11 is 0. The molecule has 17 heavy (non-hydrogen) atoms. The highest BCUT2D eigenvalue weighted by atomic mass is 35.5. The number of imidazole rings is 1. The average molecular weight is 257 g/mol. The van der Waals surface area contributed by atoms with Gasteiger partial charge in [0.15, 0.2) is 0 Å². The van der Waals surface area contributed by atoms with Crippen molar-refractivity contribution < 1.29 is 0 Å². The maximum atomic E-state index is 4.40. The Morgan fingerprint density at radius 1 is 1.47 bits per heavy atom. The minimum absolute atomic E-state index is 0. The van der Waals surface area contributed by atoms with Crippen LogP contribution in [0.25, 0.3) is 0 Å². The molecule has 1 aromatic heterocycles. The molecule has 2 saturated heterocycles. The molecule has 0 aromatic carbocycles. The van der Waals surface area contributed by atoms with E-state index in [1.54, 1.807) is 0 Å². The first-order chi connectivity index (χ1) is 7.83. The normalized spacial score (nSPS) is 28.8. The predicted octanol–water partition coefficient (Wildman–Crippen LogP) is 1.03. The Hall–Kier alpha value is -0.580. The van der Waals surface area contributed by atoms with Gasteiger partial charge in [-0.1, -0.05) is 0 Å². The highest BCUT2D eigenvalue weighted by molar-refractivity contribution is 5.85. The van der Waals surface area contributed by atoms with E-state index in [1.807, 2.05) is 12.4 Å². The number of likely N-dealkylation sites (tertiary alicyclic amines) is 1. The van der Waals surface area contributed by atoms with Crippen LogP contribution in [0.3, 0.4) is 0 Å². The van der Waals surface area contributed by atoms with Gasteiger partial charge in [-0.25, -0.2) is 4.98 Å². The van der Waals surface area contributed by atoms with Gasteiger partial charge >= 0.3 is 0 Å². The van der Waals surface area contributed by atoms with Crippen molar-refractivity contribution in [1.82, 2.24) is 19.8 Å². The molecule has 3 rings (SSSR count). The summed E-state index contributed by atoms with van der Waals surface area (Å²) < 4.78 is 2.12. The predicted molar refractivity (Wildman–Crippen MR) is 70.2 cm³/mol. The first-order valence-electron chi connectivity index (χ1n) is 6.25. The van der Waals surface area contributed by atoms with Crippen LogP contribution in [0.15, 0.2) is 12.4 Å². The topological polar surface area (TPSA) is 33.1 Å². The molecule has 3 heterocycles. The number of nitrogens with one attached hydrogen (secondary N) is 1. The first kappa shape index (κ1) is 12.9. The maximum absolute atomic E-state index is 4.40. The van der Waals surface area contributed by atoms with Crippen LogP contribution < -0.4 is 5.32 Å². The smallest absolute Gasteiger partial charge is 0.122 e. The number of halogens is 1. The van der Waals surface area contributed by atoms with Crippen molar-refractivity contribution >= 4 is 12.4 Å². The molecule has 2 fully saturated rings. The average Bonchev–Trinajstić information content (AvgIpc) is 2.88. The fourth-order valence-corrected chi connectivity index (χ4v) is 3.02. The lowest BCUT2D eigenvalue weighted by Gasteiger charge is -2.34. The van der Waals surface area contributed by atoms with Gasteiger partial charge in [-0.2, -0.15) is 0 Å². The fourth-order valence-electron chi connectivity index (χ4n) is 3.02. The number of aromatic nitrogens is 2. The number of fused-ring (bicyclic) bond motifs is 1. The molecule has 0 bridgehead atoms. The van der Waals surface area contributed by atoms with E-state index >= 15 is 0 Å². The van der Waals surface area contributed by atoms with Gasteiger partial charge < -0.3 is 9.88 Å². The van der Waals surface area contributed by atoms with Crippen molar-refractivity contribution in [3.8, 4) is 0 Å². The number of hydrogen-bond acceptors (Lipinski definition) is 3. The highest BCUT2D eigenvalue weighted by Crippen LogP contribution is 2.25. The summed E-state index contributed by atoms with van der Waals surface area (Å²) in [7, 11) is 2.08. The molecule has 2 atom stereocenters. The van der Waals surface area contributed by atoms with Crippen molar-refractivity contribution in [2.75, 3.05) is 19.6 Å². The van der Waals surface area contributed by atoms with Gasteiger partial charge in [0.2, 0.25) is 0 Å². The minimum Gasteiger partial charge on any atom is -0.337 e. The Morgan fingerprint density at radius 3 is 3.12 bits per heavy atom. The molecule has 96 valence electrons. The summed E-state index contributed by atoms with van der Waals surface area (Å²) in [6.07, 6.45) is 6.56. The van der Waals surface area contributed by atoms with E-state index in [9.17, 15) is 0 Å². The van der Waals surface area contributed by atoms with Crippen LogP contribution in [-0.2, 0) is 13.6 Å². The Balaban J connectivity index is 0.00000108. The number of hydrogen-bond donors (Lipinski definition) is 1. The third kappa shape index (κ3) is 2.64. The van der Waals surface area contributed by atoms with E-state index in [0.717, 1.165) is 18.5 Å². The number of aryl methyl sites for hydroxylation is 1. The van der Waals surface area contributed by atoms with Crippen LogP contribution in [0.1, 0.15) is 18.7 Å². The molecule has 5 heteroatoms. The zero-order valence-corrected chi connectivity index (χ0v) is 11.1. The largest absolute Gasteiger partial charge is 0.337 e. The zero-order valence-electron chi connectivity index (χ0n) is 10.3. The zero-order chi connectivity index (χ0) is 11.0. The van der Waals surface area contributed by atoms with E-state index in [0.29, 0.717) is 0 Å². The molecule has 1 aromatic rings.